The van der Waals surface area contributed by atoms with Crippen LogP contribution in [0.2, 0.25) is 5.02 Å². The highest BCUT2D eigenvalue weighted by molar-refractivity contribution is 6.33. The maximum absolute atomic E-state index is 6.22. The van der Waals surface area contributed by atoms with Crippen LogP contribution in [-0.4, -0.2) is 38.6 Å². The highest BCUT2D eigenvalue weighted by atomic mass is 35.5. The minimum absolute atomic E-state index is 0.835. The summed E-state index contributed by atoms with van der Waals surface area (Å²) in [6.45, 7) is 7.35. The summed E-state index contributed by atoms with van der Waals surface area (Å²) >= 11 is 6.22. The first-order chi connectivity index (χ1) is 7.54. The van der Waals surface area contributed by atoms with E-state index in [0.717, 1.165) is 30.3 Å². The van der Waals surface area contributed by atoms with Gasteiger partial charge in [-0.2, -0.15) is 0 Å². The van der Waals surface area contributed by atoms with Gasteiger partial charge in [0.2, 0.25) is 0 Å². The number of nitrogens with zero attached hydrogens (tertiary/aromatic N) is 2. The second kappa shape index (κ2) is 6.12. The van der Waals surface area contributed by atoms with Crippen LogP contribution < -0.4 is 4.90 Å². The fraction of sp³-hybridized carbons (Fsp3) is 0.538. The Morgan fingerprint density at radius 1 is 1.19 bits per heavy atom. The van der Waals surface area contributed by atoms with Gasteiger partial charge in [-0.1, -0.05) is 24.6 Å². The van der Waals surface area contributed by atoms with Crippen molar-refractivity contribution in [1.82, 2.24) is 4.90 Å². The lowest BCUT2D eigenvalue weighted by atomic mass is 10.2. The average Bonchev–Trinajstić information content (AvgIpc) is 2.25. The Balaban J connectivity index is 2.62. The maximum Gasteiger partial charge on any atom is 0.0642 e. The molecule has 90 valence electrons. The Bertz CT molecular complexity index is 339. The van der Waals surface area contributed by atoms with E-state index < -0.39 is 0 Å². The van der Waals surface area contributed by atoms with Crippen molar-refractivity contribution < 1.29 is 0 Å². The third-order valence-electron chi connectivity index (χ3n) is 2.87. The monoisotopic (exact) mass is 240 g/mol. The third-order valence-corrected chi connectivity index (χ3v) is 3.17. The molecular formula is C13H21ClN2. The summed E-state index contributed by atoms with van der Waals surface area (Å²) in [5.41, 5.74) is 2.31. The van der Waals surface area contributed by atoms with Crippen LogP contribution in [0.1, 0.15) is 12.5 Å². The summed E-state index contributed by atoms with van der Waals surface area (Å²) in [7, 11) is 4.21. The van der Waals surface area contributed by atoms with Crippen molar-refractivity contribution in [3.8, 4) is 0 Å². The fourth-order valence-corrected chi connectivity index (χ4v) is 1.90. The minimum atomic E-state index is 0.835. The summed E-state index contributed by atoms with van der Waals surface area (Å²) in [5.74, 6) is 0. The largest absolute Gasteiger partial charge is 0.372 e. The van der Waals surface area contributed by atoms with Gasteiger partial charge in [-0.05, 0) is 38.2 Å². The van der Waals surface area contributed by atoms with Crippen LogP contribution in [0, 0.1) is 6.92 Å². The number of likely N-dealkylation sites (N-methyl/N-ethyl adjacent to an activating group) is 2. The number of aryl methyl sites for hydroxylation is 1. The second-order valence-corrected chi connectivity index (χ2v) is 4.68. The Hall–Kier alpha value is -0.730. The standard InChI is InChI=1S/C13H21ClN2/c1-5-15(3)8-9-16(4)13-7-6-11(2)10-12(13)14/h6-7,10H,5,8-9H2,1-4H3. The number of benzene rings is 1. The first-order valence-corrected chi connectivity index (χ1v) is 6.08. The molecule has 0 heterocycles. The SMILES string of the molecule is CCN(C)CCN(C)c1ccc(C)cc1Cl. The van der Waals surface area contributed by atoms with E-state index >= 15 is 0 Å². The third kappa shape index (κ3) is 3.69. The summed E-state index contributed by atoms with van der Waals surface area (Å²) in [5, 5.41) is 0.835. The van der Waals surface area contributed by atoms with Crippen molar-refractivity contribution in [3.05, 3.63) is 28.8 Å². The summed E-state index contributed by atoms with van der Waals surface area (Å²) in [6.07, 6.45) is 0. The molecule has 0 aromatic heterocycles. The van der Waals surface area contributed by atoms with Gasteiger partial charge in [-0.15, -0.1) is 0 Å². The van der Waals surface area contributed by atoms with Crippen molar-refractivity contribution in [2.45, 2.75) is 13.8 Å². The Labute approximate surface area is 104 Å². The maximum atomic E-state index is 6.22. The lowest BCUT2D eigenvalue weighted by Crippen LogP contribution is -2.30. The molecule has 1 aromatic rings. The van der Waals surface area contributed by atoms with Crippen molar-refractivity contribution >= 4 is 17.3 Å². The number of hydrogen-bond acceptors (Lipinski definition) is 2. The van der Waals surface area contributed by atoms with Gasteiger partial charge < -0.3 is 9.80 Å². The van der Waals surface area contributed by atoms with Crippen molar-refractivity contribution in [2.24, 2.45) is 0 Å². The van der Waals surface area contributed by atoms with Crippen LogP contribution in [0.15, 0.2) is 18.2 Å². The molecule has 0 saturated carbocycles. The van der Waals surface area contributed by atoms with Gasteiger partial charge in [0.05, 0.1) is 10.7 Å². The van der Waals surface area contributed by atoms with Gasteiger partial charge in [0.15, 0.2) is 0 Å². The van der Waals surface area contributed by atoms with Crippen molar-refractivity contribution in [2.75, 3.05) is 38.6 Å². The summed E-state index contributed by atoms with van der Waals surface area (Å²) in [4.78, 5) is 4.49. The van der Waals surface area contributed by atoms with Gasteiger partial charge in [0, 0.05) is 20.1 Å². The Morgan fingerprint density at radius 3 is 2.44 bits per heavy atom. The van der Waals surface area contributed by atoms with E-state index in [0.29, 0.717) is 0 Å². The molecular weight excluding hydrogens is 220 g/mol. The topological polar surface area (TPSA) is 6.48 Å². The molecule has 0 aliphatic heterocycles. The summed E-state index contributed by atoms with van der Waals surface area (Å²) in [6, 6.07) is 6.20. The zero-order chi connectivity index (χ0) is 12.1. The molecule has 0 aliphatic rings. The van der Waals surface area contributed by atoms with E-state index in [4.69, 9.17) is 11.6 Å². The van der Waals surface area contributed by atoms with Crippen LogP contribution in [0.3, 0.4) is 0 Å². The molecule has 0 bridgehead atoms. The number of anilines is 1. The molecule has 1 rings (SSSR count). The average molecular weight is 241 g/mol. The van der Waals surface area contributed by atoms with Crippen molar-refractivity contribution in [3.63, 3.8) is 0 Å². The highest BCUT2D eigenvalue weighted by Crippen LogP contribution is 2.25. The first-order valence-electron chi connectivity index (χ1n) is 5.70. The Kier molecular flexibility index (Phi) is 5.10. The van der Waals surface area contributed by atoms with Crippen LogP contribution in [-0.2, 0) is 0 Å². The molecule has 0 fully saturated rings. The highest BCUT2D eigenvalue weighted by Gasteiger charge is 2.06. The van der Waals surface area contributed by atoms with Gasteiger partial charge in [0.1, 0.15) is 0 Å². The smallest absolute Gasteiger partial charge is 0.0642 e. The van der Waals surface area contributed by atoms with Gasteiger partial charge >= 0.3 is 0 Å². The molecule has 16 heavy (non-hydrogen) atoms. The van der Waals surface area contributed by atoms with Crippen LogP contribution >= 0.6 is 11.6 Å². The normalized spacial score (nSPS) is 10.9. The molecule has 0 saturated heterocycles. The van der Waals surface area contributed by atoms with E-state index in [1.54, 1.807) is 0 Å². The summed E-state index contributed by atoms with van der Waals surface area (Å²) < 4.78 is 0. The lowest BCUT2D eigenvalue weighted by Gasteiger charge is -2.23. The minimum Gasteiger partial charge on any atom is -0.372 e. The first kappa shape index (κ1) is 13.3. The predicted octanol–water partition coefficient (Wildman–Crippen LogP) is 3.04. The zero-order valence-electron chi connectivity index (χ0n) is 10.6. The zero-order valence-corrected chi connectivity index (χ0v) is 11.4. The molecule has 0 N–H and O–H groups in total. The van der Waals surface area contributed by atoms with E-state index in [-0.39, 0.29) is 0 Å². The fourth-order valence-electron chi connectivity index (χ4n) is 1.52. The van der Waals surface area contributed by atoms with Gasteiger partial charge in [-0.3, -0.25) is 0 Å². The number of hydrogen-bond donors (Lipinski definition) is 0. The number of halogens is 1. The van der Waals surface area contributed by atoms with Gasteiger partial charge in [0.25, 0.3) is 0 Å². The predicted molar refractivity (Wildman–Crippen MR) is 72.6 cm³/mol. The van der Waals surface area contributed by atoms with E-state index in [9.17, 15) is 0 Å². The molecule has 0 atom stereocenters. The van der Waals surface area contributed by atoms with E-state index in [1.165, 1.54) is 5.56 Å². The molecule has 0 unspecified atom stereocenters. The molecule has 3 heteroatoms. The Morgan fingerprint density at radius 2 is 1.88 bits per heavy atom. The van der Waals surface area contributed by atoms with Gasteiger partial charge in [-0.25, -0.2) is 0 Å². The van der Waals surface area contributed by atoms with Crippen LogP contribution in [0.25, 0.3) is 0 Å². The van der Waals surface area contributed by atoms with Crippen LogP contribution in [0.5, 0.6) is 0 Å². The number of rotatable bonds is 5. The van der Waals surface area contributed by atoms with E-state index in [2.05, 4.69) is 49.9 Å². The van der Waals surface area contributed by atoms with Crippen molar-refractivity contribution in [1.29, 1.82) is 0 Å². The second-order valence-electron chi connectivity index (χ2n) is 4.27. The molecule has 0 radical (unpaired) electrons. The molecule has 2 nitrogen and oxygen atoms in total. The molecule has 0 spiro atoms. The molecule has 1 aromatic carbocycles. The molecule has 0 aliphatic carbocycles. The lowest BCUT2D eigenvalue weighted by molar-refractivity contribution is 0.360. The van der Waals surface area contributed by atoms with E-state index in [1.807, 2.05) is 6.07 Å². The van der Waals surface area contributed by atoms with Crippen LogP contribution in [0.4, 0.5) is 5.69 Å². The molecule has 0 amide bonds. The quantitative estimate of drug-likeness (QED) is 0.781.